The van der Waals surface area contributed by atoms with Crippen LogP contribution in [0, 0.1) is 0 Å². The normalized spacial score (nSPS) is 8.62. The van der Waals surface area contributed by atoms with E-state index in [1.807, 2.05) is 22.9 Å². The van der Waals surface area contributed by atoms with Crippen molar-refractivity contribution in [2.45, 2.75) is 0 Å². The van der Waals surface area contributed by atoms with Crippen LogP contribution in [0.4, 0.5) is 4.79 Å². The second-order valence-electron chi connectivity index (χ2n) is 2.17. The number of aromatic nitrogens is 1. The zero-order chi connectivity index (χ0) is 9.52. The van der Waals surface area contributed by atoms with Crippen LogP contribution < -0.4 is 0 Å². The SMILES string of the molecule is O=C(O)n1cccc1.c1ccsc1. The van der Waals surface area contributed by atoms with Gasteiger partial charge in [0.05, 0.1) is 0 Å². The molecule has 68 valence electrons. The summed E-state index contributed by atoms with van der Waals surface area (Å²) in [5, 5.41) is 12.3. The van der Waals surface area contributed by atoms with Crippen LogP contribution in [0.15, 0.2) is 47.4 Å². The maximum Gasteiger partial charge on any atom is 0.415 e. The third-order valence-corrected chi connectivity index (χ3v) is 1.88. The van der Waals surface area contributed by atoms with E-state index in [1.54, 1.807) is 23.5 Å². The second-order valence-corrected chi connectivity index (χ2v) is 2.98. The van der Waals surface area contributed by atoms with Crippen LogP contribution in [0.2, 0.25) is 0 Å². The summed E-state index contributed by atoms with van der Waals surface area (Å²) in [6, 6.07) is 7.36. The number of hydrogen-bond acceptors (Lipinski definition) is 2. The van der Waals surface area contributed by atoms with E-state index in [1.165, 1.54) is 12.4 Å². The molecule has 0 aliphatic carbocycles. The summed E-state index contributed by atoms with van der Waals surface area (Å²) in [6.45, 7) is 0. The van der Waals surface area contributed by atoms with Gasteiger partial charge < -0.3 is 5.11 Å². The molecule has 0 spiro atoms. The lowest BCUT2D eigenvalue weighted by atomic mass is 10.7. The molecule has 0 amide bonds. The lowest BCUT2D eigenvalue weighted by Gasteiger charge is -1.87. The van der Waals surface area contributed by atoms with E-state index in [0.29, 0.717) is 0 Å². The van der Waals surface area contributed by atoms with Gasteiger partial charge in [0.15, 0.2) is 0 Å². The molecule has 0 aliphatic heterocycles. The van der Waals surface area contributed by atoms with E-state index in [0.717, 1.165) is 4.57 Å². The first kappa shape index (κ1) is 9.54. The van der Waals surface area contributed by atoms with Crippen LogP contribution in [0.1, 0.15) is 0 Å². The number of carbonyl (C=O) groups is 1. The Labute approximate surface area is 79.9 Å². The molecule has 0 saturated carbocycles. The van der Waals surface area contributed by atoms with Gasteiger partial charge in [0.1, 0.15) is 0 Å². The summed E-state index contributed by atoms with van der Waals surface area (Å²) in [5.41, 5.74) is 0. The maximum atomic E-state index is 10.0. The molecule has 0 aliphatic rings. The predicted octanol–water partition coefficient (Wildman–Crippen LogP) is 2.76. The first-order valence-corrected chi connectivity index (χ1v) is 4.58. The van der Waals surface area contributed by atoms with E-state index < -0.39 is 6.09 Å². The summed E-state index contributed by atoms with van der Waals surface area (Å²) in [5.74, 6) is 0. The predicted molar refractivity (Wildman–Crippen MR) is 52.2 cm³/mol. The maximum absolute atomic E-state index is 10.0. The number of carboxylic acid groups (broad SMARTS) is 1. The molecule has 2 heterocycles. The Morgan fingerprint density at radius 2 is 1.62 bits per heavy atom. The highest BCUT2D eigenvalue weighted by atomic mass is 32.1. The van der Waals surface area contributed by atoms with Crippen molar-refractivity contribution in [1.82, 2.24) is 4.57 Å². The Morgan fingerprint density at radius 3 is 1.85 bits per heavy atom. The van der Waals surface area contributed by atoms with Gasteiger partial charge in [0.2, 0.25) is 0 Å². The van der Waals surface area contributed by atoms with Gasteiger partial charge in [-0.25, -0.2) is 4.79 Å². The zero-order valence-corrected chi connectivity index (χ0v) is 7.65. The van der Waals surface area contributed by atoms with Crippen LogP contribution in [0.25, 0.3) is 0 Å². The van der Waals surface area contributed by atoms with Gasteiger partial charge in [0, 0.05) is 12.4 Å². The zero-order valence-electron chi connectivity index (χ0n) is 6.83. The standard InChI is InChI=1S/C5H5NO2.C4H4S/c7-5(8)6-3-1-2-4-6;1-2-4-5-3-1/h1-4H,(H,7,8);1-4H. The van der Waals surface area contributed by atoms with Gasteiger partial charge in [-0.3, -0.25) is 4.57 Å². The van der Waals surface area contributed by atoms with Gasteiger partial charge >= 0.3 is 6.09 Å². The lowest BCUT2D eigenvalue weighted by Crippen LogP contribution is -2.03. The Bertz CT molecular complexity index is 309. The number of thiophene rings is 1. The molecule has 0 atom stereocenters. The fraction of sp³-hybridized carbons (Fsp3) is 0. The molecule has 0 saturated heterocycles. The first-order valence-electron chi connectivity index (χ1n) is 3.64. The van der Waals surface area contributed by atoms with Gasteiger partial charge in [-0.05, 0) is 22.9 Å². The van der Waals surface area contributed by atoms with Crippen molar-refractivity contribution in [3.8, 4) is 0 Å². The minimum Gasteiger partial charge on any atom is -0.464 e. The average molecular weight is 195 g/mol. The third-order valence-electron chi connectivity index (χ3n) is 1.25. The van der Waals surface area contributed by atoms with Crippen LogP contribution >= 0.6 is 11.3 Å². The summed E-state index contributed by atoms with van der Waals surface area (Å²) < 4.78 is 1.08. The topological polar surface area (TPSA) is 42.2 Å². The monoisotopic (exact) mass is 195 g/mol. The van der Waals surface area contributed by atoms with Crippen molar-refractivity contribution < 1.29 is 9.90 Å². The molecular formula is C9H9NO2S. The van der Waals surface area contributed by atoms with E-state index in [9.17, 15) is 4.79 Å². The smallest absolute Gasteiger partial charge is 0.415 e. The summed E-state index contributed by atoms with van der Waals surface area (Å²) >= 11 is 1.71. The molecule has 0 unspecified atom stereocenters. The molecule has 0 aromatic carbocycles. The molecule has 13 heavy (non-hydrogen) atoms. The van der Waals surface area contributed by atoms with Crippen molar-refractivity contribution in [1.29, 1.82) is 0 Å². The van der Waals surface area contributed by atoms with E-state index >= 15 is 0 Å². The van der Waals surface area contributed by atoms with Crippen LogP contribution in [0.3, 0.4) is 0 Å². The second kappa shape index (κ2) is 5.16. The van der Waals surface area contributed by atoms with E-state index in [-0.39, 0.29) is 0 Å². The van der Waals surface area contributed by atoms with Crippen molar-refractivity contribution in [3.05, 3.63) is 47.4 Å². The molecule has 2 aromatic heterocycles. The summed E-state index contributed by atoms with van der Waals surface area (Å²) in [7, 11) is 0. The van der Waals surface area contributed by atoms with Crippen LogP contribution in [-0.2, 0) is 0 Å². The molecular weight excluding hydrogens is 186 g/mol. The van der Waals surface area contributed by atoms with Crippen molar-refractivity contribution in [2.75, 3.05) is 0 Å². The highest BCUT2D eigenvalue weighted by Gasteiger charge is 1.92. The molecule has 2 aromatic rings. The van der Waals surface area contributed by atoms with Crippen molar-refractivity contribution in [3.63, 3.8) is 0 Å². The summed E-state index contributed by atoms with van der Waals surface area (Å²) in [6.07, 6.45) is 2.00. The quantitative estimate of drug-likeness (QED) is 0.702. The number of hydrogen-bond donors (Lipinski definition) is 1. The van der Waals surface area contributed by atoms with Crippen molar-refractivity contribution in [2.24, 2.45) is 0 Å². The Hall–Kier alpha value is -1.55. The van der Waals surface area contributed by atoms with E-state index in [2.05, 4.69) is 0 Å². The Balaban J connectivity index is 0.000000145. The Kier molecular flexibility index (Phi) is 3.78. The molecule has 1 N–H and O–H groups in total. The molecule has 3 nitrogen and oxygen atoms in total. The number of rotatable bonds is 0. The van der Waals surface area contributed by atoms with Gasteiger partial charge in [-0.1, -0.05) is 12.1 Å². The highest BCUT2D eigenvalue weighted by molar-refractivity contribution is 7.07. The molecule has 4 heteroatoms. The van der Waals surface area contributed by atoms with Crippen molar-refractivity contribution >= 4 is 17.4 Å². The minimum absolute atomic E-state index is 0.949. The average Bonchev–Trinajstić information content (AvgIpc) is 2.82. The van der Waals surface area contributed by atoms with Gasteiger partial charge in [0.25, 0.3) is 0 Å². The fourth-order valence-electron chi connectivity index (χ4n) is 0.689. The van der Waals surface area contributed by atoms with E-state index in [4.69, 9.17) is 5.11 Å². The highest BCUT2D eigenvalue weighted by Crippen LogP contribution is 1.91. The van der Waals surface area contributed by atoms with Gasteiger partial charge in [-0.15, -0.1) is 0 Å². The van der Waals surface area contributed by atoms with Crippen LogP contribution in [0.5, 0.6) is 0 Å². The fourth-order valence-corrected chi connectivity index (χ4v) is 1.14. The van der Waals surface area contributed by atoms with Gasteiger partial charge in [-0.2, -0.15) is 11.3 Å². The first-order chi connectivity index (χ1) is 6.30. The molecule has 0 fully saturated rings. The largest absolute Gasteiger partial charge is 0.464 e. The molecule has 0 radical (unpaired) electrons. The minimum atomic E-state index is -0.949. The third kappa shape index (κ3) is 3.57. The summed E-state index contributed by atoms with van der Waals surface area (Å²) in [4.78, 5) is 10.0. The number of nitrogens with zero attached hydrogens (tertiary/aromatic N) is 1. The Morgan fingerprint density at radius 1 is 1.08 bits per heavy atom. The molecule has 2 rings (SSSR count). The lowest BCUT2D eigenvalue weighted by molar-refractivity contribution is 0.196. The molecule has 0 bridgehead atoms. The van der Waals surface area contributed by atoms with Crippen LogP contribution in [-0.4, -0.2) is 15.8 Å².